The van der Waals surface area contributed by atoms with Crippen LogP contribution >= 0.6 is 0 Å². The molecule has 148 valence electrons. The van der Waals surface area contributed by atoms with E-state index in [9.17, 15) is 4.79 Å². The molecule has 0 bridgehead atoms. The van der Waals surface area contributed by atoms with Crippen molar-refractivity contribution in [3.63, 3.8) is 0 Å². The third-order valence-electron chi connectivity index (χ3n) is 5.24. The van der Waals surface area contributed by atoms with Crippen LogP contribution in [0.4, 0.5) is 5.69 Å². The van der Waals surface area contributed by atoms with Gasteiger partial charge in [0.15, 0.2) is 5.65 Å². The quantitative estimate of drug-likeness (QED) is 0.550. The lowest BCUT2D eigenvalue weighted by molar-refractivity contribution is 0.484. The summed E-state index contributed by atoms with van der Waals surface area (Å²) in [5, 5.41) is 12.1. The molecule has 1 N–H and O–H groups in total. The van der Waals surface area contributed by atoms with Crippen LogP contribution in [-0.2, 0) is 0 Å². The standard InChI is InChI=1S/C20H22N8O/c1-12-8-15(26-7-6-21-13(2)10-26)11-27-19(29)9-17(23-20(12)27)16-4-5-18-22-14(3)24-28(18)25-16/h4-5,8-9,11,13,21H,6-7,10H2,1-3H3. The van der Waals surface area contributed by atoms with Gasteiger partial charge in [0.1, 0.15) is 17.2 Å². The number of hydrogen-bond donors (Lipinski definition) is 1. The van der Waals surface area contributed by atoms with Crippen molar-refractivity contribution >= 4 is 17.0 Å². The Labute approximate surface area is 167 Å². The Morgan fingerprint density at radius 1 is 1.10 bits per heavy atom. The zero-order valence-electron chi connectivity index (χ0n) is 16.6. The van der Waals surface area contributed by atoms with E-state index in [2.05, 4.69) is 38.4 Å². The number of anilines is 1. The molecular formula is C20H22N8O. The van der Waals surface area contributed by atoms with Crippen molar-refractivity contribution in [2.45, 2.75) is 26.8 Å². The molecule has 5 heterocycles. The Bertz CT molecular complexity index is 1290. The highest BCUT2D eigenvalue weighted by molar-refractivity contribution is 5.63. The fourth-order valence-corrected chi connectivity index (χ4v) is 3.85. The van der Waals surface area contributed by atoms with Crippen molar-refractivity contribution in [3.8, 4) is 11.4 Å². The van der Waals surface area contributed by atoms with Crippen LogP contribution in [0.2, 0.25) is 0 Å². The normalized spacial score (nSPS) is 17.3. The minimum absolute atomic E-state index is 0.130. The molecule has 5 rings (SSSR count). The maximum atomic E-state index is 12.9. The molecule has 4 aromatic heterocycles. The lowest BCUT2D eigenvalue weighted by atomic mass is 10.2. The predicted octanol–water partition coefficient (Wildman–Crippen LogP) is 1.21. The van der Waals surface area contributed by atoms with Gasteiger partial charge in [0.25, 0.3) is 5.56 Å². The maximum Gasteiger partial charge on any atom is 0.258 e. The summed E-state index contributed by atoms with van der Waals surface area (Å²) in [7, 11) is 0. The van der Waals surface area contributed by atoms with Crippen LogP contribution in [0.25, 0.3) is 22.7 Å². The molecule has 1 atom stereocenters. The second kappa shape index (κ2) is 6.63. The molecule has 1 aliphatic rings. The molecule has 1 fully saturated rings. The van der Waals surface area contributed by atoms with E-state index in [4.69, 9.17) is 4.98 Å². The number of nitrogens with one attached hydrogen (secondary N) is 1. The van der Waals surface area contributed by atoms with Gasteiger partial charge in [0.2, 0.25) is 0 Å². The van der Waals surface area contributed by atoms with E-state index in [-0.39, 0.29) is 5.56 Å². The van der Waals surface area contributed by atoms with Crippen LogP contribution in [0, 0.1) is 13.8 Å². The highest BCUT2D eigenvalue weighted by Gasteiger charge is 2.18. The Hall–Kier alpha value is -3.33. The summed E-state index contributed by atoms with van der Waals surface area (Å²) in [6, 6.07) is 7.68. The van der Waals surface area contributed by atoms with E-state index in [1.807, 2.05) is 32.2 Å². The first-order chi connectivity index (χ1) is 14.0. The van der Waals surface area contributed by atoms with Gasteiger partial charge in [-0.2, -0.15) is 0 Å². The number of nitrogens with zero attached hydrogens (tertiary/aromatic N) is 7. The van der Waals surface area contributed by atoms with Gasteiger partial charge in [-0.25, -0.2) is 9.97 Å². The van der Waals surface area contributed by atoms with Gasteiger partial charge >= 0.3 is 0 Å². The lowest BCUT2D eigenvalue weighted by Crippen LogP contribution is -2.49. The zero-order chi connectivity index (χ0) is 20.1. The second-order valence-electron chi connectivity index (χ2n) is 7.58. The molecule has 0 spiro atoms. The molecule has 4 aromatic rings. The van der Waals surface area contributed by atoms with Crippen LogP contribution in [0.1, 0.15) is 18.3 Å². The average molecular weight is 390 g/mol. The molecular weight excluding hydrogens is 368 g/mol. The Morgan fingerprint density at radius 2 is 1.97 bits per heavy atom. The van der Waals surface area contributed by atoms with E-state index in [1.165, 1.54) is 10.7 Å². The highest BCUT2D eigenvalue weighted by atomic mass is 16.1. The van der Waals surface area contributed by atoms with Crippen molar-refractivity contribution in [2.75, 3.05) is 24.5 Å². The molecule has 0 aromatic carbocycles. The largest absolute Gasteiger partial charge is 0.368 e. The molecule has 0 aliphatic carbocycles. The summed E-state index contributed by atoms with van der Waals surface area (Å²) in [5.41, 5.74) is 4.27. The SMILES string of the molecule is Cc1nc2ccc(-c3cc(=O)n4cc(N5CCNC(C)C5)cc(C)c4n3)nn2n1. The number of aryl methyl sites for hydroxylation is 2. The zero-order valence-corrected chi connectivity index (χ0v) is 16.6. The number of hydrogen-bond acceptors (Lipinski definition) is 7. The monoisotopic (exact) mass is 390 g/mol. The highest BCUT2D eigenvalue weighted by Crippen LogP contribution is 2.21. The molecule has 0 radical (unpaired) electrons. The topological polar surface area (TPSA) is 92.7 Å². The van der Waals surface area contributed by atoms with Crippen molar-refractivity contribution in [1.82, 2.24) is 34.5 Å². The Kier molecular flexibility index (Phi) is 4.06. The molecule has 1 aliphatic heterocycles. The second-order valence-corrected chi connectivity index (χ2v) is 7.58. The van der Waals surface area contributed by atoms with Crippen LogP contribution in [0.5, 0.6) is 0 Å². The first kappa shape index (κ1) is 17.7. The van der Waals surface area contributed by atoms with Crippen LogP contribution in [-0.4, -0.2) is 54.9 Å². The number of pyridine rings is 1. The number of piperazine rings is 1. The summed E-state index contributed by atoms with van der Waals surface area (Å²) >= 11 is 0. The van der Waals surface area contributed by atoms with Crippen LogP contribution in [0.15, 0.2) is 35.3 Å². The van der Waals surface area contributed by atoms with Gasteiger partial charge in [0.05, 0.1) is 11.4 Å². The Balaban J connectivity index is 1.61. The number of aromatic nitrogens is 6. The minimum atomic E-state index is -0.130. The molecule has 9 heteroatoms. The summed E-state index contributed by atoms with van der Waals surface area (Å²) in [6.45, 7) is 8.72. The Morgan fingerprint density at radius 3 is 2.79 bits per heavy atom. The van der Waals surface area contributed by atoms with Gasteiger partial charge < -0.3 is 10.2 Å². The van der Waals surface area contributed by atoms with Crippen molar-refractivity contribution in [1.29, 1.82) is 0 Å². The molecule has 1 unspecified atom stereocenters. The third kappa shape index (κ3) is 3.13. The predicted molar refractivity (Wildman–Crippen MR) is 110 cm³/mol. The van der Waals surface area contributed by atoms with E-state index in [0.29, 0.717) is 34.5 Å². The van der Waals surface area contributed by atoms with Gasteiger partial charge in [-0.3, -0.25) is 9.20 Å². The van der Waals surface area contributed by atoms with E-state index < -0.39 is 0 Å². The first-order valence-corrected chi connectivity index (χ1v) is 9.71. The molecule has 0 saturated carbocycles. The van der Waals surface area contributed by atoms with Crippen LogP contribution < -0.4 is 15.8 Å². The van der Waals surface area contributed by atoms with Crippen molar-refractivity contribution < 1.29 is 0 Å². The smallest absolute Gasteiger partial charge is 0.258 e. The minimum Gasteiger partial charge on any atom is -0.368 e. The van der Waals surface area contributed by atoms with E-state index in [0.717, 1.165) is 30.9 Å². The maximum absolute atomic E-state index is 12.9. The van der Waals surface area contributed by atoms with Gasteiger partial charge in [-0.1, -0.05) is 0 Å². The molecule has 1 saturated heterocycles. The number of rotatable bonds is 2. The summed E-state index contributed by atoms with van der Waals surface area (Å²) < 4.78 is 3.09. The van der Waals surface area contributed by atoms with Gasteiger partial charge in [-0.05, 0) is 44.5 Å². The van der Waals surface area contributed by atoms with Gasteiger partial charge in [0, 0.05) is 37.9 Å². The summed E-state index contributed by atoms with van der Waals surface area (Å²) in [4.78, 5) is 24.2. The first-order valence-electron chi connectivity index (χ1n) is 9.71. The lowest BCUT2D eigenvalue weighted by Gasteiger charge is -2.33. The summed E-state index contributed by atoms with van der Waals surface area (Å²) in [5.74, 6) is 0.645. The van der Waals surface area contributed by atoms with Crippen molar-refractivity contribution in [2.24, 2.45) is 0 Å². The molecule has 9 nitrogen and oxygen atoms in total. The van der Waals surface area contributed by atoms with E-state index >= 15 is 0 Å². The fourth-order valence-electron chi connectivity index (χ4n) is 3.85. The van der Waals surface area contributed by atoms with E-state index in [1.54, 1.807) is 4.40 Å². The number of fused-ring (bicyclic) bond motifs is 2. The molecule has 0 amide bonds. The summed E-state index contributed by atoms with van der Waals surface area (Å²) in [6.07, 6.45) is 1.89. The fraction of sp³-hybridized carbons (Fsp3) is 0.350. The van der Waals surface area contributed by atoms with Gasteiger partial charge in [-0.15, -0.1) is 14.8 Å². The van der Waals surface area contributed by atoms with Crippen molar-refractivity contribution in [3.05, 3.63) is 52.2 Å². The average Bonchev–Trinajstić information content (AvgIpc) is 3.07. The molecule has 29 heavy (non-hydrogen) atoms. The third-order valence-corrected chi connectivity index (χ3v) is 5.24. The van der Waals surface area contributed by atoms with Crippen LogP contribution in [0.3, 0.4) is 0 Å².